The number of hydrogen-bond donors (Lipinski definition) is 0. The molecule has 1 heterocycles. The Bertz CT molecular complexity index is 733. The van der Waals surface area contributed by atoms with E-state index in [9.17, 15) is 0 Å². The maximum Gasteiger partial charge on any atom is 0.228 e. The molecule has 0 aliphatic heterocycles. The Morgan fingerprint density at radius 2 is 2.00 bits per heavy atom. The van der Waals surface area contributed by atoms with Crippen LogP contribution in [0.3, 0.4) is 0 Å². The standard InChI is InChI=1S/C20H26BrN3O2/c1-5-24(3)14-22-19-13-18(21)20(23-15(19)2)26-12-6-7-16-8-10-17(25-4)11-9-16/h8-11,13-14H,5-7,12H2,1-4H3/b22-14+. The summed E-state index contributed by atoms with van der Waals surface area (Å²) in [5.41, 5.74) is 2.95. The number of aromatic nitrogens is 1. The van der Waals surface area contributed by atoms with Gasteiger partial charge in [-0.05, 0) is 66.4 Å². The molecule has 0 radical (unpaired) electrons. The molecular formula is C20H26BrN3O2. The summed E-state index contributed by atoms with van der Waals surface area (Å²) in [5.74, 6) is 1.49. The average Bonchev–Trinajstić information content (AvgIpc) is 2.66. The maximum absolute atomic E-state index is 5.84. The van der Waals surface area contributed by atoms with Gasteiger partial charge in [0.2, 0.25) is 5.88 Å². The molecule has 0 atom stereocenters. The Balaban J connectivity index is 1.88. The molecule has 2 rings (SSSR count). The van der Waals surface area contributed by atoms with Crippen LogP contribution in [-0.2, 0) is 6.42 Å². The van der Waals surface area contributed by atoms with Crippen molar-refractivity contribution in [1.82, 2.24) is 9.88 Å². The van der Waals surface area contributed by atoms with Crippen molar-refractivity contribution in [3.63, 3.8) is 0 Å². The predicted octanol–water partition coefficient (Wildman–Crippen LogP) is 4.78. The van der Waals surface area contributed by atoms with Gasteiger partial charge in [0.25, 0.3) is 0 Å². The zero-order chi connectivity index (χ0) is 18.9. The van der Waals surface area contributed by atoms with E-state index in [1.807, 2.05) is 43.4 Å². The second kappa shape index (κ2) is 10.2. The molecule has 26 heavy (non-hydrogen) atoms. The minimum Gasteiger partial charge on any atom is -0.497 e. The summed E-state index contributed by atoms with van der Waals surface area (Å²) in [6.45, 7) is 5.54. The number of pyridine rings is 1. The van der Waals surface area contributed by atoms with E-state index in [0.29, 0.717) is 12.5 Å². The molecule has 0 amide bonds. The van der Waals surface area contributed by atoms with Gasteiger partial charge in [0, 0.05) is 13.6 Å². The molecular weight excluding hydrogens is 394 g/mol. The Morgan fingerprint density at radius 1 is 1.27 bits per heavy atom. The largest absolute Gasteiger partial charge is 0.497 e. The van der Waals surface area contributed by atoms with Crippen LogP contribution in [-0.4, -0.2) is 43.5 Å². The highest BCUT2D eigenvalue weighted by Gasteiger charge is 2.08. The summed E-state index contributed by atoms with van der Waals surface area (Å²) >= 11 is 3.53. The van der Waals surface area contributed by atoms with E-state index in [4.69, 9.17) is 9.47 Å². The van der Waals surface area contributed by atoms with Gasteiger partial charge in [-0.25, -0.2) is 9.98 Å². The van der Waals surface area contributed by atoms with Crippen molar-refractivity contribution in [3.05, 3.63) is 46.1 Å². The first kappa shape index (κ1) is 20.2. The van der Waals surface area contributed by atoms with Gasteiger partial charge < -0.3 is 14.4 Å². The fraction of sp³-hybridized carbons (Fsp3) is 0.400. The first-order valence-electron chi connectivity index (χ1n) is 8.70. The number of benzene rings is 1. The molecule has 2 aromatic rings. The number of aliphatic imine (C=N–C) groups is 1. The highest BCUT2D eigenvalue weighted by atomic mass is 79.9. The number of methoxy groups -OCH3 is 1. The Hall–Kier alpha value is -2.08. The first-order chi connectivity index (χ1) is 12.5. The molecule has 1 aromatic heterocycles. The van der Waals surface area contributed by atoms with Crippen LogP contribution in [0.25, 0.3) is 0 Å². The Kier molecular flexibility index (Phi) is 7.91. The summed E-state index contributed by atoms with van der Waals surface area (Å²) in [6.07, 6.45) is 3.68. The maximum atomic E-state index is 5.84. The lowest BCUT2D eigenvalue weighted by molar-refractivity contribution is 0.297. The predicted molar refractivity (Wildman–Crippen MR) is 110 cm³/mol. The normalized spacial score (nSPS) is 11.0. The lowest BCUT2D eigenvalue weighted by Crippen LogP contribution is -2.14. The molecule has 0 saturated carbocycles. The van der Waals surface area contributed by atoms with Crippen LogP contribution in [0.5, 0.6) is 11.6 Å². The monoisotopic (exact) mass is 419 g/mol. The summed E-state index contributed by atoms with van der Waals surface area (Å²) in [4.78, 5) is 11.0. The Morgan fingerprint density at radius 3 is 2.65 bits per heavy atom. The molecule has 0 N–H and O–H groups in total. The highest BCUT2D eigenvalue weighted by Crippen LogP contribution is 2.29. The van der Waals surface area contributed by atoms with E-state index >= 15 is 0 Å². The van der Waals surface area contributed by atoms with E-state index in [2.05, 4.69) is 45.0 Å². The van der Waals surface area contributed by atoms with Crippen LogP contribution in [0, 0.1) is 6.92 Å². The van der Waals surface area contributed by atoms with E-state index < -0.39 is 0 Å². The average molecular weight is 420 g/mol. The van der Waals surface area contributed by atoms with Crippen LogP contribution in [0.15, 0.2) is 39.8 Å². The summed E-state index contributed by atoms with van der Waals surface area (Å²) < 4.78 is 11.8. The molecule has 1 aromatic carbocycles. The van der Waals surface area contributed by atoms with Gasteiger partial charge in [0.05, 0.1) is 35.9 Å². The van der Waals surface area contributed by atoms with E-state index in [-0.39, 0.29) is 0 Å². The van der Waals surface area contributed by atoms with Crippen molar-refractivity contribution in [2.24, 2.45) is 4.99 Å². The smallest absolute Gasteiger partial charge is 0.228 e. The molecule has 0 saturated heterocycles. The molecule has 0 fully saturated rings. The number of hydrogen-bond acceptors (Lipinski definition) is 4. The minimum atomic E-state index is 0.609. The van der Waals surface area contributed by atoms with Gasteiger partial charge in [-0.15, -0.1) is 0 Å². The van der Waals surface area contributed by atoms with Crippen molar-refractivity contribution in [3.8, 4) is 11.6 Å². The molecule has 6 heteroatoms. The lowest BCUT2D eigenvalue weighted by Gasteiger charge is -2.11. The Labute approximate surface area is 164 Å². The van der Waals surface area contributed by atoms with Gasteiger partial charge in [-0.3, -0.25) is 0 Å². The fourth-order valence-corrected chi connectivity index (χ4v) is 2.68. The third-order valence-electron chi connectivity index (χ3n) is 4.01. The summed E-state index contributed by atoms with van der Waals surface area (Å²) in [6, 6.07) is 10.1. The van der Waals surface area contributed by atoms with Gasteiger partial charge in [0.15, 0.2) is 0 Å². The number of halogens is 1. The number of ether oxygens (including phenoxy) is 2. The van der Waals surface area contributed by atoms with Crippen LogP contribution < -0.4 is 9.47 Å². The lowest BCUT2D eigenvalue weighted by atomic mass is 10.1. The topological polar surface area (TPSA) is 47.0 Å². The number of nitrogens with zero attached hydrogens (tertiary/aromatic N) is 3. The molecule has 140 valence electrons. The first-order valence-corrected chi connectivity index (χ1v) is 9.50. The minimum absolute atomic E-state index is 0.609. The summed E-state index contributed by atoms with van der Waals surface area (Å²) in [7, 11) is 3.66. The zero-order valence-corrected chi connectivity index (χ0v) is 17.4. The second-order valence-electron chi connectivity index (χ2n) is 6.00. The fourth-order valence-electron chi connectivity index (χ4n) is 2.26. The van der Waals surface area contributed by atoms with Gasteiger partial charge in [0.1, 0.15) is 5.75 Å². The molecule has 0 spiro atoms. The van der Waals surface area contributed by atoms with Crippen molar-refractivity contribution in [2.75, 3.05) is 27.3 Å². The SMILES string of the molecule is CCN(C)/C=N/c1cc(Br)c(OCCCc2ccc(OC)cc2)nc1C. The molecule has 0 unspecified atom stereocenters. The van der Waals surface area contributed by atoms with Crippen LogP contribution >= 0.6 is 15.9 Å². The van der Waals surface area contributed by atoms with Crippen molar-refractivity contribution >= 4 is 28.0 Å². The number of rotatable bonds is 9. The number of aryl methyl sites for hydroxylation is 2. The van der Waals surface area contributed by atoms with Gasteiger partial charge >= 0.3 is 0 Å². The quantitative estimate of drug-likeness (QED) is 0.333. The molecule has 5 nitrogen and oxygen atoms in total. The van der Waals surface area contributed by atoms with Crippen LogP contribution in [0.2, 0.25) is 0 Å². The third-order valence-corrected chi connectivity index (χ3v) is 4.58. The third kappa shape index (κ3) is 6.02. The highest BCUT2D eigenvalue weighted by molar-refractivity contribution is 9.10. The van der Waals surface area contributed by atoms with Gasteiger partial charge in [-0.2, -0.15) is 0 Å². The molecule has 0 aliphatic rings. The molecule has 0 aliphatic carbocycles. The van der Waals surface area contributed by atoms with Crippen LogP contribution in [0.4, 0.5) is 5.69 Å². The van der Waals surface area contributed by atoms with Crippen LogP contribution in [0.1, 0.15) is 24.6 Å². The van der Waals surface area contributed by atoms with Crippen molar-refractivity contribution in [1.29, 1.82) is 0 Å². The van der Waals surface area contributed by atoms with E-state index in [1.165, 1.54) is 5.56 Å². The zero-order valence-electron chi connectivity index (χ0n) is 15.8. The summed E-state index contributed by atoms with van der Waals surface area (Å²) in [5, 5.41) is 0. The van der Waals surface area contributed by atoms with Crippen molar-refractivity contribution < 1.29 is 9.47 Å². The second-order valence-corrected chi connectivity index (χ2v) is 6.85. The van der Waals surface area contributed by atoms with Gasteiger partial charge in [-0.1, -0.05) is 12.1 Å². The van der Waals surface area contributed by atoms with E-state index in [1.54, 1.807) is 7.11 Å². The van der Waals surface area contributed by atoms with E-state index in [0.717, 1.165) is 41.0 Å². The van der Waals surface area contributed by atoms with Crippen molar-refractivity contribution in [2.45, 2.75) is 26.7 Å². The molecule has 0 bridgehead atoms.